The van der Waals surface area contributed by atoms with Crippen LogP contribution < -0.4 is 5.32 Å². The van der Waals surface area contributed by atoms with Crippen molar-refractivity contribution in [1.29, 1.82) is 0 Å². The van der Waals surface area contributed by atoms with Gasteiger partial charge in [0.05, 0.1) is 0 Å². The number of amides is 1. The van der Waals surface area contributed by atoms with Gasteiger partial charge in [-0.05, 0) is 55.4 Å². The van der Waals surface area contributed by atoms with Crippen LogP contribution in [0, 0.1) is 0 Å². The first-order valence-corrected chi connectivity index (χ1v) is 8.72. The standard InChI is InChI=1S/C17H22BrNO/c18-15-7-2-1-3-8-16(15)19-17(20)14-10-9-12-5-4-6-13(12)11-14/h9-11,15-16H,1-8H2,(H,19,20). The number of hydrogen-bond donors (Lipinski definition) is 1. The van der Waals surface area contributed by atoms with E-state index in [1.807, 2.05) is 6.07 Å². The molecule has 0 saturated heterocycles. The highest BCUT2D eigenvalue weighted by Gasteiger charge is 2.23. The monoisotopic (exact) mass is 335 g/mol. The Bertz CT molecular complexity index is 500. The highest BCUT2D eigenvalue weighted by molar-refractivity contribution is 9.09. The Balaban J connectivity index is 1.69. The Kier molecular flexibility index (Phi) is 4.45. The third kappa shape index (κ3) is 3.08. The van der Waals surface area contributed by atoms with E-state index in [0.29, 0.717) is 4.83 Å². The van der Waals surface area contributed by atoms with E-state index in [-0.39, 0.29) is 11.9 Å². The Hall–Kier alpha value is -0.830. The van der Waals surface area contributed by atoms with Crippen molar-refractivity contribution in [1.82, 2.24) is 5.32 Å². The maximum Gasteiger partial charge on any atom is 0.251 e. The van der Waals surface area contributed by atoms with Crippen molar-refractivity contribution < 1.29 is 4.79 Å². The number of carbonyl (C=O) groups excluding carboxylic acids is 1. The molecular weight excluding hydrogens is 314 g/mol. The molecule has 2 atom stereocenters. The maximum absolute atomic E-state index is 12.4. The van der Waals surface area contributed by atoms with Gasteiger partial charge in [-0.2, -0.15) is 0 Å². The Morgan fingerprint density at radius 3 is 2.75 bits per heavy atom. The molecule has 0 bridgehead atoms. The van der Waals surface area contributed by atoms with Crippen molar-refractivity contribution in [3.63, 3.8) is 0 Å². The fraction of sp³-hybridized carbons (Fsp3) is 0.588. The second-order valence-electron chi connectivity index (χ2n) is 6.07. The molecule has 20 heavy (non-hydrogen) atoms. The molecule has 0 radical (unpaired) electrons. The zero-order chi connectivity index (χ0) is 13.9. The topological polar surface area (TPSA) is 29.1 Å². The molecule has 108 valence electrons. The molecule has 3 heteroatoms. The SMILES string of the molecule is O=C(NC1CCCCCC1Br)c1ccc2c(c1)CCC2. The summed E-state index contributed by atoms with van der Waals surface area (Å²) < 4.78 is 0. The molecule has 1 aromatic carbocycles. The van der Waals surface area contributed by atoms with Gasteiger partial charge < -0.3 is 5.32 Å². The average molecular weight is 336 g/mol. The largest absolute Gasteiger partial charge is 0.348 e. The Morgan fingerprint density at radius 2 is 1.85 bits per heavy atom. The van der Waals surface area contributed by atoms with Gasteiger partial charge in [-0.1, -0.05) is 41.3 Å². The van der Waals surface area contributed by atoms with Crippen LogP contribution in [-0.4, -0.2) is 16.8 Å². The first kappa shape index (κ1) is 14.1. The minimum absolute atomic E-state index is 0.0936. The molecule has 0 aromatic heterocycles. The van der Waals surface area contributed by atoms with Crippen LogP contribution >= 0.6 is 15.9 Å². The molecule has 0 aliphatic heterocycles. The lowest BCUT2D eigenvalue weighted by atomic mass is 10.0. The Labute approximate surface area is 129 Å². The van der Waals surface area contributed by atoms with Gasteiger partial charge in [0.2, 0.25) is 0 Å². The van der Waals surface area contributed by atoms with Crippen LogP contribution in [0.4, 0.5) is 0 Å². The minimum Gasteiger partial charge on any atom is -0.348 e. The smallest absolute Gasteiger partial charge is 0.251 e. The van der Waals surface area contributed by atoms with E-state index >= 15 is 0 Å². The van der Waals surface area contributed by atoms with E-state index in [1.54, 1.807) is 0 Å². The van der Waals surface area contributed by atoms with Crippen LogP contribution in [0.5, 0.6) is 0 Å². The molecule has 1 fully saturated rings. The normalized spacial score (nSPS) is 25.9. The van der Waals surface area contributed by atoms with Gasteiger partial charge in [0.25, 0.3) is 5.91 Å². The highest BCUT2D eigenvalue weighted by Crippen LogP contribution is 2.25. The summed E-state index contributed by atoms with van der Waals surface area (Å²) in [6, 6.07) is 6.49. The number of hydrogen-bond acceptors (Lipinski definition) is 1. The van der Waals surface area contributed by atoms with Gasteiger partial charge >= 0.3 is 0 Å². The fourth-order valence-electron chi connectivity index (χ4n) is 3.39. The van der Waals surface area contributed by atoms with Gasteiger partial charge in [-0.15, -0.1) is 0 Å². The van der Waals surface area contributed by atoms with E-state index in [2.05, 4.69) is 33.4 Å². The molecule has 2 aliphatic carbocycles. The average Bonchev–Trinajstić information content (AvgIpc) is 2.83. The van der Waals surface area contributed by atoms with E-state index < -0.39 is 0 Å². The number of benzene rings is 1. The Morgan fingerprint density at radius 1 is 1.05 bits per heavy atom. The first-order valence-electron chi connectivity index (χ1n) is 7.81. The molecule has 2 unspecified atom stereocenters. The van der Waals surface area contributed by atoms with Gasteiger partial charge in [0.15, 0.2) is 0 Å². The number of halogens is 1. The lowest BCUT2D eigenvalue weighted by Crippen LogP contribution is -2.40. The van der Waals surface area contributed by atoms with Crippen molar-refractivity contribution in [2.75, 3.05) is 0 Å². The summed E-state index contributed by atoms with van der Waals surface area (Å²) in [7, 11) is 0. The summed E-state index contributed by atoms with van der Waals surface area (Å²) in [5, 5.41) is 3.23. The molecule has 3 rings (SSSR count). The number of fused-ring (bicyclic) bond motifs is 1. The van der Waals surface area contributed by atoms with Crippen LogP contribution in [0.3, 0.4) is 0 Å². The minimum atomic E-state index is 0.0936. The van der Waals surface area contributed by atoms with Crippen molar-refractivity contribution in [3.8, 4) is 0 Å². The van der Waals surface area contributed by atoms with Crippen molar-refractivity contribution >= 4 is 21.8 Å². The highest BCUT2D eigenvalue weighted by atomic mass is 79.9. The van der Waals surface area contributed by atoms with Crippen LogP contribution in [0.25, 0.3) is 0 Å². The van der Waals surface area contributed by atoms with Gasteiger partial charge in [0, 0.05) is 16.4 Å². The molecule has 1 aromatic rings. The van der Waals surface area contributed by atoms with E-state index in [9.17, 15) is 4.79 Å². The molecule has 2 nitrogen and oxygen atoms in total. The molecule has 1 saturated carbocycles. The number of rotatable bonds is 2. The second-order valence-corrected chi connectivity index (χ2v) is 7.25. The predicted molar refractivity (Wildman–Crippen MR) is 85.5 cm³/mol. The van der Waals surface area contributed by atoms with Gasteiger partial charge in [-0.25, -0.2) is 0 Å². The molecule has 2 aliphatic rings. The summed E-state index contributed by atoms with van der Waals surface area (Å²) in [6.45, 7) is 0. The van der Waals surface area contributed by atoms with E-state index in [4.69, 9.17) is 0 Å². The molecule has 0 spiro atoms. The fourth-order valence-corrected chi connectivity index (χ4v) is 4.11. The summed E-state index contributed by atoms with van der Waals surface area (Å²) >= 11 is 3.74. The van der Waals surface area contributed by atoms with Crippen LogP contribution in [0.15, 0.2) is 18.2 Å². The predicted octanol–water partition coefficient (Wildman–Crippen LogP) is 4.00. The van der Waals surface area contributed by atoms with E-state index in [1.165, 1.54) is 43.2 Å². The number of nitrogens with one attached hydrogen (secondary N) is 1. The first-order chi connectivity index (χ1) is 9.74. The summed E-state index contributed by atoms with van der Waals surface area (Å²) in [5.74, 6) is 0.0936. The maximum atomic E-state index is 12.4. The second kappa shape index (κ2) is 6.30. The number of alkyl halides is 1. The number of aryl methyl sites for hydroxylation is 2. The quantitative estimate of drug-likeness (QED) is 0.642. The van der Waals surface area contributed by atoms with Gasteiger partial charge in [-0.3, -0.25) is 4.79 Å². The summed E-state index contributed by atoms with van der Waals surface area (Å²) in [5.41, 5.74) is 3.62. The van der Waals surface area contributed by atoms with Crippen LogP contribution in [0.1, 0.15) is 60.0 Å². The molecule has 1 N–H and O–H groups in total. The molecule has 0 heterocycles. The summed E-state index contributed by atoms with van der Waals surface area (Å²) in [6.07, 6.45) is 9.55. The third-order valence-corrected chi connectivity index (χ3v) is 5.70. The third-order valence-electron chi connectivity index (χ3n) is 4.61. The lowest BCUT2D eigenvalue weighted by Gasteiger charge is -2.21. The number of carbonyl (C=O) groups is 1. The zero-order valence-corrected chi connectivity index (χ0v) is 13.4. The lowest BCUT2D eigenvalue weighted by molar-refractivity contribution is 0.0935. The van der Waals surface area contributed by atoms with E-state index in [0.717, 1.165) is 24.8 Å². The van der Waals surface area contributed by atoms with Crippen LogP contribution in [-0.2, 0) is 12.8 Å². The van der Waals surface area contributed by atoms with Crippen molar-refractivity contribution in [3.05, 3.63) is 34.9 Å². The molecular formula is C17H22BrNO. The zero-order valence-electron chi connectivity index (χ0n) is 11.8. The summed E-state index contributed by atoms with van der Waals surface area (Å²) in [4.78, 5) is 12.9. The molecule has 1 amide bonds. The van der Waals surface area contributed by atoms with Crippen LogP contribution in [0.2, 0.25) is 0 Å². The van der Waals surface area contributed by atoms with Crippen molar-refractivity contribution in [2.45, 2.75) is 62.2 Å². The van der Waals surface area contributed by atoms with Gasteiger partial charge in [0.1, 0.15) is 0 Å². The van der Waals surface area contributed by atoms with Crippen molar-refractivity contribution in [2.24, 2.45) is 0 Å².